The fourth-order valence-electron chi connectivity index (χ4n) is 2.14. The highest BCUT2D eigenvalue weighted by atomic mass is 19.1. The third-order valence-electron chi connectivity index (χ3n) is 3.20. The average molecular weight is 315 g/mol. The highest BCUT2D eigenvalue weighted by Crippen LogP contribution is 2.27. The Morgan fingerprint density at radius 1 is 0.913 bits per heavy atom. The second kappa shape index (κ2) is 6.96. The van der Waals surface area contributed by atoms with Crippen LogP contribution in [0.1, 0.15) is 12.5 Å². The molecule has 3 N–H and O–H groups in total. The van der Waals surface area contributed by atoms with E-state index in [1.165, 1.54) is 12.1 Å². The number of nitrogens with one attached hydrogen (secondary N) is 3. The van der Waals surface area contributed by atoms with Gasteiger partial charge in [-0.05, 0) is 43.3 Å². The van der Waals surface area contributed by atoms with Crippen LogP contribution in [0, 0.1) is 11.6 Å². The molecule has 0 radical (unpaired) electrons. The van der Waals surface area contributed by atoms with E-state index in [-0.39, 0.29) is 16.9 Å². The van der Waals surface area contributed by atoms with Crippen molar-refractivity contribution in [1.29, 1.82) is 0 Å². The normalized spacial score (nSPS) is 10.1. The number of rotatable bonds is 6. The van der Waals surface area contributed by atoms with Crippen molar-refractivity contribution in [2.45, 2.75) is 6.92 Å². The van der Waals surface area contributed by atoms with Crippen molar-refractivity contribution >= 4 is 22.8 Å². The van der Waals surface area contributed by atoms with Gasteiger partial charge in [-0.2, -0.15) is 0 Å². The molecule has 0 saturated heterocycles. The molecule has 0 heterocycles. The van der Waals surface area contributed by atoms with Crippen LogP contribution in [0.2, 0.25) is 0 Å². The molecule has 0 atom stereocenters. The molecule has 0 amide bonds. The van der Waals surface area contributed by atoms with E-state index in [2.05, 4.69) is 29.1 Å². The zero-order valence-corrected chi connectivity index (χ0v) is 13.1. The van der Waals surface area contributed by atoms with Crippen LogP contribution in [-0.4, -0.2) is 7.05 Å². The zero-order chi connectivity index (χ0) is 17.0. The van der Waals surface area contributed by atoms with Gasteiger partial charge in [-0.1, -0.05) is 13.2 Å². The fourth-order valence-corrected chi connectivity index (χ4v) is 2.14. The number of benzene rings is 2. The minimum atomic E-state index is -0.675. The predicted molar refractivity (Wildman–Crippen MR) is 93.4 cm³/mol. The van der Waals surface area contributed by atoms with E-state index in [1.807, 2.05) is 19.1 Å². The number of hydrogen-bond donors (Lipinski definition) is 3. The van der Waals surface area contributed by atoms with Crippen LogP contribution < -0.4 is 16.0 Å². The Morgan fingerprint density at radius 3 is 2.00 bits per heavy atom. The summed E-state index contributed by atoms with van der Waals surface area (Å²) < 4.78 is 28.2. The molecule has 5 heteroatoms. The van der Waals surface area contributed by atoms with E-state index < -0.39 is 11.6 Å². The van der Waals surface area contributed by atoms with Crippen LogP contribution in [0.3, 0.4) is 0 Å². The molecule has 0 spiro atoms. The van der Waals surface area contributed by atoms with Gasteiger partial charge in [0.2, 0.25) is 0 Å². The largest absolute Gasteiger partial charge is 0.386 e. The minimum absolute atomic E-state index is 0.151. The van der Waals surface area contributed by atoms with Crippen molar-refractivity contribution in [2.75, 3.05) is 23.0 Å². The molecule has 0 bridgehead atoms. The maximum Gasteiger partial charge on any atom is 0.158 e. The van der Waals surface area contributed by atoms with E-state index >= 15 is 0 Å². The number of hydrogen-bond acceptors (Lipinski definition) is 3. The van der Waals surface area contributed by atoms with Gasteiger partial charge in [-0.25, -0.2) is 8.78 Å². The first-order valence-corrected chi connectivity index (χ1v) is 7.07. The molecule has 3 nitrogen and oxygen atoms in total. The highest BCUT2D eigenvalue weighted by Gasteiger charge is 2.16. The van der Waals surface area contributed by atoms with Crippen LogP contribution in [0.15, 0.2) is 55.3 Å². The third kappa shape index (κ3) is 3.88. The fraction of sp³-hybridized carbons (Fsp3) is 0.111. The first-order chi connectivity index (χ1) is 10.9. The van der Waals surface area contributed by atoms with Gasteiger partial charge in [0.15, 0.2) is 5.82 Å². The predicted octanol–water partition coefficient (Wildman–Crippen LogP) is 5.03. The second-order valence-corrected chi connectivity index (χ2v) is 5.12. The maximum atomic E-state index is 14.3. The van der Waals surface area contributed by atoms with E-state index in [1.54, 1.807) is 19.2 Å². The second-order valence-electron chi connectivity index (χ2n) is 5.12. The summed E-state index contributed by atoms with van der Waals surface area (Å²) in [7, 11) is 1.57. The van der Waals surface area contributed by atoms with Gasteiger partial charge in [0.1, 0.15) is 5.82 Å². The number of anilines is 3. The first-order valence-electron chi connectivity index (χ1n) is 7.07. The molecule has 2 rings (SSSR count). The quantitative estimate of drug-likeness (QED) is 0.699. The van der Waals surface area contributed by atoms with E-state index in [9.17, 15) is 8.78 Å². The Kier molecular flexibility index (Phi) is 5.01. The minimum Gasteiger partial charge on any atom is -0.386 e. The number of allylic oxidation sites excluding steroid dienone is 1. The Labute approximate surface area is 134 Å². The molecule has 2 aromatic carbocycles. The average Bonchev–Trinajstić information content (AvgIpc) is 2.49. The third-order valence-corrected chi connectivity index (χ3v) is 3.20. The van der Waals surface area contributed by atoms with Crippen LogP contribution in [0.4, 0.5) is 25.8 Å². The molecular weight excluding hydrogens is 296 g/mol. The van der Waals surface area contributed by atoms with Crippen molar-refractivity contribution in [3.05, 3.63) is 72.5 Å². The highest BCUT2D eigenvalue weighted by molar-refractivity contribution is 5.78. The molecule has 0 unspecified atom stereocenters. The molecule has 0 saturated carbocycles. The van der Waals surface area contributed by atoms with Crippen molar-refractivity contribution in [3.63, 3.8) is 0 Å². The van der Waals surface area contributed by atoms with Gasteiger partial charge in [0.05, 0.1) is 11.3 Å². The summed E-state index contributed by atoms with van der Waals surface area (Å²) in [5, 5.41) is 8.68. The molecule has 0 aliphatic heterocycles. The van der Waals surface area contributed by atoms with Crippen molar-refractivity contribution in [3.8, 4) is 0 Å². The molecule has 2 aromatic rings. The van der Waals surface area contributed by atoms with Crippen LogP contribution in [0.5, 0.6) is 0 Å². The molecule has 0 aromatic heterocycles. The van der Waals surface area contributed by atoms with E-state index in [0.29, 0.717) is 5.69 Å². The molecule has 0 aliphatic rings. The summed E-state index contributed by atoms with van der Waals surface area (Å²) in [6.07, 6.45) is 0. The van der Waals surface area contributed by atoms with Gasteiger partial charge in [-0.3, -0.25) is 0 Å². The smallest absolute Gasteiger partial charge is 0.158 e. The molecule has 0 fully saturated rings. The van der Waals surface area contributed by atoms with Gasteiger partial charge >= 0.3 is 0 Å². The Bertz CT molecular complexity index is 737. The standard InChI is InChI=1S/C18H19F2N3/c1-11(2)22-13-5-7-14(8-6-13)23-12(3)17-15(19)9-10-16(21-4)18(17)20/h5-10,21-23H,1,3H2,2,4H3. The molecule has 23 heavy (non-hydrogen) atoms. The SMILES string of the molecule is C=C(C)Nc1ccc(NC(=C)c2c(F)ccc(NC)c2F)cc1. The summed E-state index contributed by atoms with van der Waals surface area (Å²) in [6, 6.07) is 9.79. The van der Waals surface area contributed by atoms with E-state index in [0.717, 1.165) is 11.4 Å². The zero-order valence-electron chi connectivity index (χ0n) is 13.1. The molecule has 120 valence electrons. The van der Waals surface area contributed by atoms with Crippen molar-refractivity contribution in [1.82, 2.24) is 0 Å². The number of halogens is 2. The van der Waals surface area contributed by atoms with Crippen molar-refractivity contribution < 1.29 is 8.78 Å². The first kappa shape index (κ1) is 16.5. The Morgan fingerprint density at radius 2 is 1.48 bits per heavy atom. The maximum absolute atomic E-state index is 14.3. The van der Waals surface area contributed by atoms with Gasteiger partial charge < -0.3 is 16.0 Å². The summed E-state index contributed by atoms with van der Waals surface area (Å²) in [5.74, 6) is -1.34. The van der Waals surface area contributed by atoms with Gasteiger partial charge in [0.25, 0.3) is 0 Å². The summed E-state index contributed by atoms with van der Waals surface area (Å²) in [4.78, 5) is 0. The van der Waals surface area contributed by atoms with E-state index in [4.69, 9.17) is 0 Å². The van der Waals surface area contributed by atoms with Gasteiger partial charge in [-0.15, -0.1) is 0 Å². The Balaban J connectivity index is 2.21. The van der Waals surface area contributed by atoms with Crippen LogP contribution in [-0.2, 0) is 0 Å². The lowest BCUT2D eigenvalue weighted by Gasteiger charge is -2.14. The van der Waals surface area contributed by atoms with Gasteiger partial charge in [0, 0.05) is 29.8 Å². The lowest BCUT2D eigenvalue weighted by molar-refractivity contribution is 0.579. The van der Waals surface area contributed by atoms with Crippen LogP contribution in [0.25, 0.3) is 5.70 Å². The summed E-state index contributed by atoms with van der Waals surface area (Å²) in [5.41, 5.74) is 2.56. The monoisotopic (exact) mass is 315 g/mol. The topological polar surface area (TPSA) is 36.1 Å². The Hall–Kier alpha value is -2.82. The van der Waals surface area contributed by atoms with Crippen molar-refractivity contribution in [2.24, 2.45) is 0 Å². The lowest BCUT2D eigenvalue weighted by Crippen LogP contribution is -2.05. The van der Waals surface area contributed by atoms with Crippen LogP contribution >= 0.6 is 0 Å². The summed E-state index contributed by atoms with van der Waals surface area (Å²) >= 11 is 0. The molecular formula is C18H19F2N3. The molecule has 0 aliphatic carbocycles. The summed E-state index contributed by atoms with van der Waals surface area (Å²) in [6.45, 7) is 9.36. The lowest BCUT2D eigenvalue weighted by atomic mass is 10.1.